The van der Waals surface area contributed by atoms with Crippen LogP contribution >= 0.6 is 0 Å². The third-order valence-electron chi connectivity index (χ3n) is 7.53. The van der Waals surface area contributed by atoms with E-state index >= 15 is 0 Å². The zero-order valence-electron chi connectivity index (χ0n) is 28.7. The van der Waals surface area contributed by atoms with E-state index in [2.05, 4.69) is 16.0 Å². The Morgan fingerprint density at radius 2 is 1.47 bits per heavy atom. The van der Waals surface area contributed by atoms with Crippen molar-refractivity contribution in [2.45, 2.75) is 130 Å². The Bertz CT molecular complexity index is 1170. The summed E-state index contributed by atoms with van der Waals surface area (Å²) in [7, 11) is 0. The number of nitrogens with zero attached hydrogens (tertiary/aromatic N) is 1. The van der Waals surface area contributed by atoms with Crippen molar-refractivity contribution >= 4 is 29.8 Å². The monoisotopic (exact) mass is 630 g/mol. The van der Waals surface area contributed by atoms with Crippen molar-refractivity contribution in [3.05, 3.63) is 35.9 Å². The van der Waals surface area contributed by atoms with Gasteiger partial charge in [0.1, 0.15) is 35.4 Å². The summed E-state index contributed by atoms with van der Waals surface area (Å²) in [4.78, 5) is 68.3. The molecule has 0 radical (unpaired) electrons. The van der Waals surface area contributed by atoms with Gasteiger partial charge < -0.3 is 30.3 Å². The van der Waals surface area contributed by atoms with Crippen LogP contribution in [0.4, 0.5) is 4.79 Å². The number of rotatable bonds is 12. The van der Waals surface area contributed by atoms with Crippen molar-refractivity contribution in [2.24, 2.45) is 11.8 Å². The fraction of sp³-hybridized carbons (Fsp3) is 0.676. The van der Waals surface area contributed by atoms with Gasteiger partial charge in [0.2, 0.25) is 17.7 Å². The first-order chi connectivity index (χ1) is 20.8. The molecule has 0 saturated carbocycles. The molecule has 0 spiro atoms. The van der Waals surface area contributed by atoms with E-state index < -0.39 is 59.2 Å². The summed E-state index contributed by atoms with van der Waals surface area (Å²) in [6.07, 6.45) is 1.10. The van der Waals surface area contributed by atoms with E-state index in [0.29, 0.717) is 25.8 Å². The van der Waals surface area contributed by atoms with Crippen LogP contribution in [0.5, 0.6) is 0 Å². The molecule has 0 unspecified atom stereocenters. The molecule has 1 aliphatic rings. The van der Waals surface area contributed by atoms with Crippen LogP contribution in [0.3, 0.4) is 0 Å². The second-order valence-corrected chi connectivity index (χ2v) is 14.2. The highest BCUT2D eigenvalue weighted by Gasteiger charge is 2.41. The Kier molecular flexibility index (Phi) is 13.4. The van der Waals surface area contributed by atoms with Gasteiger partial charge in [-0.3, -0.25) is 14.4 Å². The molecule has 1 aromatic rings. The molecule has 1 fully saturated rings. The van der Waals surface area contributed by atoms with E-state index in [1.54, 1.807) is 41.5 Å². The highest BCUT2D eigenvalue weighted by Crippen LogP contribution is 2.22. The predicted molar refractivity (Wildman–Crippen MR) is 172 cm³/mol. The van der Waals surface area contributed by atoms with E-state index in [0.717, 1.165) is 5.56 Å². The molecule has 2 rings (SSSR count). The molecule has 0 aromatic heterocycles. The van der Waals surface area contributed by atoms with Gasteiger partial charge in [0.15, 0.2) is 0 Å². The fourth-order valence-electron chi connectivity index (χ4n) is 5.06. The second-order valence-electron chi connectivity index (χ2n) is 14.2. The Labute approximate surface area is 268 Å². The first-order valence-corrected chi connectivity index (χ1v) is 16.0. The number of amides is 4. The van der Waals surface area contributed by atoms with Gasteiger partial charge in [-0.05, 0) is 71.8 Å². The second kappa shape index (κ2) is 16.1. The Morgan fingerprint density at radius 3 is 2.00 bits per heavy atom. The average Bonchev–Trinajstić information content (AvgIpc) is 3.42. The summed E-state index contributed by atoms with van der Waals surface area (Å²) in [6, 6.07) is 5.67. The molecule has 252 valence electrons. The van der Waals surface area contributed by atoms with Crippen molar-refractivity contribution in [2.75, 3.05) is 6.54 Å². The topological polar surface area (TPSA) is 143 Å². The highest BCUT2D eigenvalue weighted by atomic mass is 16.6. The van der Waals surface area contributed by atoms with Crippen LogP contribution in [-0.4, -0.2) is 76.6 Å². The molecule has 3 N–H and O–H groups in total. The number of esters is 1. The van der Waals surface area contributed by atoms with Crippen molar-refractivity contribution < 1.29 is 33.4 Å². The van der Waals surface area contributed by atoms with Crippen LogP contribution in [0.15, 0.2) is 30.3 Å². The van der Waals surface area contributed by atoms with Gasteiger partial charge in [0.25, 0.3) is 0 Å². The lowest BCUT2D eigenvalue weighted by Crippen LogP contribution is -2.59. The molecular formula is C34H54N4O7. The molecule has 1 aliphatic heterocycles. The minimum absolute atomic E-state index is 0.217. The lowest BCUT2D eigenvalue weighted by atomic mass is 9.96. The van der Waals surface area contributed by atoms with Crippen molar-refractivity contribution in [1.29, 1.82) is 0 Å². The van der Waals surface area contributed by atoms with E-state index in [-0.39, 0.29) is 24.2 Å². The minimum Gasteiger partial charge on any atom is -0.458 e. The highest BCUT2D eigenvalue weighted by molar-refractivity contribution is 5.95. The van der Waals surface area contributed by atoms with E-state index in [9.17, 15) is 24.0 Å². The van der Waals surface area contributed by atoms with Gasteiger partial charge in [-0.2, -0.15) is 0 Å². The number of nitrogens with one attached hydrogen (secondary N) is 3. The van der Waals surface area contributed by atoms with Gasteiger partial charge in [-0.25, -0.2) is 9.59 Å². The fourth-order valence-corrected chi connectivity index (χ4v) is 5.06. The van der Waals surface area contributed by atoms with Crippen LogP contribution < -0.4 is 16.0 Å². The number of hydrogen-bond acceptors (Lipinski definition) is 7. The normalized spacial score (nSPS) is 17.9. The number of carbonyl (C=O) groups is 5. The lowest BCUT2D eigenvalue weighted by molar-refractivity contribution is -0.158. The van der Waals surface area contributed by atoms with Crippen molar-refractivity contribution in [1.82, 2.24) is 20.9 Å². The largest absolute Gasteiger partial charge is 0.458 e. The average molecular weight is 631 g/mol. The van der Waals surface area contributed by atoms with Gasteiger partial charge in [0.05, 0.1) is 0 Å². The van der Waals surface area contributed by atoms with Gasteiger partial charge in [-0.15, -0.1) is 0 Å². The van der Waals surface area contributed by atoms with Crippen molar-refractivity contribution in [3.8, 4) is 0 Å². The smallest absolute Gasteiger partial charge is 0.408 e. The number of benzene rings is 1. The summed E-state index contributed by atoms with van der Waals surface area (Å²) >= 11 is 0. The molecule has 0 aliphatic carbocycles. The number of alkyl carbamates (subject to hydrolysis) is 1. The zero-order valence-corrected chi connectivity index (χ0v) is 28.7. The van der Waals surface area contributed by atoms with Gasteiger partial charge >= 0.3 is 12.1 Å². The molecule has 0 bridgehead atoms. The number of hydrogen-bond donors (Lipinski definition) is 3. The molecule has 11 heteroatoms. The van der Waals surface area contributed by atoms with E-state index in [1.165, 1.54) is 4.90 Å². The summed E-state index contributed by atoms with van der Waals surface area (Å²) in [5.41, 5.74) is -0.649. The molecular weight excluding hydrogens is 576 g/mol. The number of likely N-dealkylation sites (tertiary alicyclic amines) is 1. The quantitative estimate of drug-likeness (QED) is 0.295. The molecule has 11 nitrogen and oxygen atoms in total. The number of carbonyl (C=O) groups excluding carboxylic acids is 5. The van der Waals surface area contributed by atoms with Crippen LogP contribution in [-0.2, 0) is 35.1 Å². The van der Waals surface area contributed by atoms with Crippen LogP contribution in [0.2, 0.25) is 0 Å². The molecule has 45 heavy (non-hydrogen) atoms. The van der Waals surface area contributed by atoms with Crippen LogP contribution in [0.1, 0.15) is 94.1 Å². The molecule has 1 heterocycles. The molecule has 4 amide bonds. The third kappa shape index (κ3) is 12.0. The standard InChI is InChI=1S/C34H54N4O7/c1-11-22(4)27(29(40)35-24(31(42)44-33(5,6)7)20-23-16-13-12-14-17-23)36-28(39)25-18-15-19-38(25)30(41)26(21(2)3)37-32(43)45-34(8,9)10/h12-14,16-17,21-22,24-27H,11,15,18-20H2,1-10H3,(H,35,40)(H,36,39)(H,37,43)/t22-,24-,25-,26-,27-/m0/s1. The van der Waals surface area contributed by atoms with E-state index in [1.807, 2.05) is 58.0 Å². The molecule has 1 aromatic carbocycles. The van der Waals surface area contributed by atoms with Crippen LogP contribution in [0.25, 0.3) is 0 Å². The van der Waals surface area contributed by atoms with Crippen molar-refractivity contribution in [3.63, 3.8) is 0 Å². The van der Waals surface area contributed by atoms with E-state index in [4.69, 9.17) is 9.47 Å². The Balaban J connectivity index is 2.24. The SMILES string of the molecule is CC[C@H](C)[C@H](NC(=O)[C@@H]1CCCN1C(=O)[C@@H](NC(=O)OC(C)(C)C)C(C)C)C(=O)N[C@@H](Cc1ccccc1)C(=O)OC(C)(C)C. The first-order valence-electron chi connectivity index (χ1n) is 16.0. The lowest BCUT2D eigenvalue weighted by Gasteiger charge is -2.33. The Hall–Kier alpha value is -3.63. The summed E-state index contributed by atoms with van der Waals surface area (Å²) in [5.74, 6) is -2.45. The molecule has 5 atom stereocenters. The van der Waals surface area contributed by atoms with Crippen LogP contribution in [0, 0.1) is 11.8 Å². The van der Waals surface area contributed by atoms with Gasteiger partial charge in [-0.1, -0.05) is 64.4 Å². The maximum Gasteiger partial charge on any atom is 0.408 e. The first kappa shape index (κ1) is 37.6. The molecule has 1 saturated heterocycles. The summed E-state index contributed by atoms with van der Waals surface area (Å²) in [6.45, 7) is 18.2. The van der Waals surface area contributed by atoms with Gasteiger partial charge in [0, 0.05) is 13.0 Å². The minimum atomic E-state index is -0.974. The summed E-state index contributed by atoms with van der Waals surface area (Å²) < 4.78 is 11.0. The Morgan fingerprint density at radius 1 is 0.867 bits per heavy atom. The third-order valence-corrected chi connectivity index (χ3v) is 7.53. The predicted octanol–water partition coefficient (Wildman–Crippen LogP) is 4.13. The zero-order chi connectivity index (χ0) is 34.1. The number of ether oxygens (including phenoxy) is 2. The maximum absolute atomic E-state index is 13.7. The summed E-state index contributed by atoms with van der Waals surface area (Å²) in [5, 5.41) is 8.39. The maximum atomic E-state index is 13.7.